The number of aromatic hydroxyl groups is 1. The Bertz CT molecular complexity index is 1150. The van der Waals surface area contributed by atoms with Crippen LogP contribution in [0.2, 0.25) is 0 Å². The van der Waals surface area contributed by atoms with Gasteiger partial charge >= 0.3 is 0 Å². The van der Waals surface area contributed by atoms with Crippen molar-refractivity contribution in [2.75, 3.05) is 6.54 Å². The van der Waals surface area contributed by atoms with Crippen LogP contribution in [0.3, 0.4) is 0 Å². The second-order valence-corrected chi connectivity index (χ2v) is 6.86. The number of nitriles is 1. The monoisotopic (exact) mass is 453 g/mol. The molecule has 0 saturated carbocycles. The first-order valence-corrected chi connectivity index (χ1v) is 9.46. The summed E-state index contributed by atoms with van der Waals surface area (Å²) in [6, 6.07) is 16.0. The van der Waals surface area contributed by atoms with Crippen molar-refractivity contribution in [3.63, 3.8) is 0 Å². The number of para-hydroxylation sites is 1. The lowest BCUT2D eigenvalue weighted by atomic mass is 10.2. The number of hydrogen-bond acceptors (Lipinski definition) is 5. The Balaban J connectivity index is 1.74. The first-order valence-electron chi connectivity index (χ1n) is 8.67. The summed E-state index contributed by atoms with van der Waals surface area (Å²) < 4.78 is 2.16. The standard InChI is InChI=1S/C20H16BrN5O3/c21-15-8-3-1-6-13(15)19(28)23-12-17(27)24-25-18-14-7-2-4-9-16(14)26(20(18)29)11-5-10-22/h1-4,6-9,29H,5,11-12H2,(H,23,28). The molecule has 0 fully saturated rings. The van der Waals surface area contributed by atoms with E-state index in [1.165, 1.54) is 0 Å². The lowest BCUT2D eigenvalue weighted by molar-refractivity contribution is -0.117. The Morgan fingerprint density at radius 3 is 2.66 bits per heavy atom. The van der Waals surface area contributed by atoms with E-state index < -0.39 is 11.8 Å². The highest BCUT2D eigenvalue weighted by Crippen LogP contribution is 2.38. The molecule has 2 amide bonds. The van der Waals surface area contributed by atoms with Gasteiger partial charge in [0.1, 0.15) is 6.54 Å². The Morgan fingerprint density at radius 1 is 1.17 bits per heavy atom. The predicted octanol–water partition coefficient (Wildman–Crippen LogP) is 4.06. The molecule has 0 bridgehead atoms. The van der Waals surface area contributed by atoms with Crippen LogP contribution in [0.25, 0.3) is 10.9 Å². The number of amides is 2. The van der Waals surface area contributed by atoms with Crippen LogP contribution in [-0.4, -0.2) is 28.0 Å². The normalized spacial score (nSPS) is 10.9. The van der Waals surface area contributed by atoms with E-state index in [0.29, 0.717) is 20.9 Å². The Morgan fingerprint density at radius 2 is 1.90 bits per heavy atom. The van der Waals surface area contributed by atoms with Crippen LogP contribution in [0.5, 0.6) is 5.88 Å². The zero-order chi connectivity index (χ0) is 20.8. The second kappa shape index (κ2) is 9.12. The van der Waals surface area contributed by atoms with E-state index in [2.05, 4.69) is 31.5 Å². The van der Waals surface area contributed by atoms with Gasteiger partial charge in [-0.3, -0.25) is 9.59 Å². The van der Waals surface area contributed by atoms with E-state index >= 15 is 0 Å². The molecule has 0 saturated heterocycles. The van der Waals surface area contributed by atoms with Gasteiger partial charge in [0.05, 0.1) is 23.6 Å². The van der Waals surface area contributed by atoms with E-state index in [-0.39, 0.29) is 31.1 Å². The molecule has 2 N–H and O–H groups in total. The number of nitrogens with one attached hydrogen (secondary N) is 1. The maximum atomic E-state index is 12.1. The molecule has 0 aliphatic rings. The number of nitrogens with zero attached hydrogens (tertiary/aromatic N) is 4. The minimum absolute atomic E-state index is 0.143. The maximum absolute atomic E-state index is 12.1. The summed E-state index contributed by atoms with van der Waals surface area (Å²) in [5, 5.41) is 29.9. The fourth-order valence-corrected chi connectivity index (χ4v) is 3.26. The van der Waals surface area contributed by atoms with Gasteiger partial charge in [-0.15, -0.1) is 10.2 Å². The average Bonchev–Trinajstić information content (AvgIpc) is 3.00. The lowest BCUT2D eigenvalue weighted by Crippen LogP contribution is -2.28. The maximum Gasteiger partial charge on any atom is 0.283 e. The highest BCUT2D eigenvalue weighted by molar-refractivity contribution is 9.10. The van der Waals surface area contributed by atoms with Crippen molar-refractivity contribution >= 4 is 44.3 Å². The van der Waals surface area contributed by atoms with Crippen molar-refractivity contribution in [3.8, 4) is 11.9 Å². The third-order valence-corrected chi connectivity index (χ3v) is 4.84. The van der Waals surface area contributed by atoms with Gasteiger partial charge < -0.3 is 15.0 Å². The number of halogens is 1. The molecule has 1 aromatic heterocycles. The molecule has 0 atom stereocenters. The number of carbonyl (C=O) groups excluding carboxylic acids is 2. The molecule has 1 heterocycles. The van der Waals surface area contributed by atoms with Crippen LogP contribution >= 0.6 is 15.9 Å². The molecule has 3 rings (SSSR count). The van der Waals surface area contributed by atoms with Crippen LogP contribution in [-0.2, 0) is 11.3 Å². The van der Waals surface area contributed by atoms with Crippen molar-refractivity contribution in [1.82, 2.24) is 9.88 Å². The molecule has 0 aliphatic heterocycles. The Labute approximate surface area is 174 Å². The van der Waals surface area contributed by atoms with E-state index in [9.17, 15) is 14.7 Å². The van der Waals surface area contributed by atoms with Gasteiger partial charge in [-0.1, -0.05) is 30.3 Å². The minimum atomic E-state index is -0.668. The second-order valence-electron chi connectivity index (χ2n) is 6.01. The molecule has 0 radical (unpaired) electrons. The van der Waals surface area contributed by atoms with Crippen LogP contribution in [0.15, 0.2) is 63.2 Å². The van der Waals surface area contributed by atoms with Crippen molar-refractivity contribution < 1.29 is 14.7 Å². The van der Waals surface area contributed by atoms with Crippen molar-refractivity contribution in [3.05, 3.63) is 58.6 Å². The molecule has 29 heavy (non-hydrogen) atoms. The van der Waals surface area contributed by atoms with Gasteiger partial charge in [0, 0.05) is 16.4 Å². The molecule has 2 aromatic carbocycles. The van der Waals surface area contributed by atoms with Gasteiger partial charge in [0.15, 0.2) is 5.69 Å². The molecule has 0 spiro atoms. The fraction of sp³-hybridized carbons (Fsp3) is 0.150. The fourth-order valence-electron chi connectivity index (χ4n) is 2.80. The topological polar surface area (TPSA) is 120 Å². The molecule has 8 nitrogen and oxygen atoms in total. The summed E-state index contributed by atoms with van der Waals surface area (Å²) in [6.07, 6.45) is 0.211. The predicted molar refractivity (Wildman–Crippen MR) is 110 cm³/mol. The highest BCUT2D eigenvalue weighted by atomic mass is 79.9. The van der Waals surface area contributed by atoms with Gasteiger partial charge in [-0.25, -0.2) is 0 Å². The van der Waals surface area contributed by atoms with Crippen LogP contribution in [0.1, 0.15) is 16.8 Å². The van der Waals surface area contributed by atoms with Crippen LogP contribution < -0.4 is 5.32 Å². The smallest absolute Gasteiger partial charge is 0.283 e. The molecule has 9 heteroatoms. The first kappa shape index (κ1) is 20.2. The Kier molecular flexibility index (Phi) is 6.36. The van der Waals surface area contributed by atoms with Gasteiger partial charge in [-0.2, -0.15) is 5.26 Å². The quantitative estimate of drug-likeness (QED) is 0.546. The van der Waals surface area contributed by atoms with E-state index in [1.807, 2.05) is 6.07 Å². The van der Waals surface area contributed by atoms with Crippen molar-refractivity contribution in [2.24, 2.45) is 10.2 Å². The molecular formula is C20H16BrN5O3. The summed E-state index contributed by atoms with van der Waals surface area (Å²) in [5.74, 6) is -1.26. The summed E-state index contributed by atoms with van der Waals surface area (Å²) in [6.45, 7) is -0.0498. The third kappa shape index (κ3) is 4.50. The first-order chi connectivity index (χ1) is 14.0. The molecule has 146 valence electrons. The number of azo groups is 1. The number of rotatable bonds is 6. The number of aryl methyl sites for hydroxylation is 1. The molecular weight excluding hydrogens is 438 g/mol. The van der Waals surface area contributed by atoms with E-state index in [4.69, 9.17) is 5.26 Å². The zero-order valence-corrected chi connectivity index (χ0v) is 16.8. The molecule has 0 aliphatic carbocycles. The van der Waals surface area contributed by atoms with Gasteiger partial charge in [-0.05, 0) is 34.1 Å². The summed E-state index contributed by atoms with van der Waals surface area (Å²) in [7, 11) is 0. The molecule has 0 unspecified atom stereocenters. The summed E-state index contributed by atoms with van der Waals surface area (Å²) in [5.41, 5.74) is 1.23. The minimum Gasteiger partial charge on any atom is -0.493 e. The number of carbonyl (C=O) groups is 2. The SMILES string of the molecule is N#CCCn1c(O)c(N=NC(=O)CNC(=O)c2ccccc2Br)c2ccccc21. The number of benzene rings is 2. The van der Waals surface area contributed by atoms with Gasteiger partial charge in [0.2, 0.25) is 5.88 Å². The molecule has 3 aromatic rings. The summed E-state index contributed by atoms with van der Waals surface area (Å²) in [4.78, 5) is 24.2. The average molecular weight is 454 g/mol. The van der Waals surface area contributed by atoms with Crippen molar-refractivity contribution in [1.29, 1.82) is 5.26 Å². The van der Waals surface area contributed by atoms with Crippen molar-refractivity contribution in [2.45, 2.75) is 13.0 Å². The zero-order valence-electron chi connectivity index (χ0n) is 15.2. The highest BCUT2D eigenvalue weighted by Gasteiger charge is 2.16. The van der Waals surface area contributed by atoms with Crippen LogP contribution in [0.4, 0.5) is 5.69 Å². The summed E-state index contributed by atoms with van der Waals surface area (Å²) >= 11 is 3.28. The number of hydrogen-bond donors (Lipinski definition) is 2. The van der Waals surface area contributed by atoms with Crippen LogP contribution in [0, 0.1) is 11.3 Å². The number of aromatic nitrogens is 1. The third-order valence-electron chi connectivity index (χ3n) is 4.14. The number of fused-ring (bicyclic) bond motifs is 1. The van der Waals surface area contributed by atoms with Gasteiger partial charge in [0.25, 0.3) is 11.8 Å². The van der Waals surface area contributed by atoms with E-state index in [1.54, 1.807) is 53.1 Å². The lowest BCUT2D eigenvalue weighted by Gasteiger charge is -2.04. The van der Waals surface area contributed by atoms with E-state index in [0.717, 1.165) is 0 Å². The largest absolute Gasteiger partial charge is 0.493 e. The Hall–Kier alpha value is -3.51.